The van der Waals surface area contributed by atoms with Gasteiger partial charge in [0.2, 0.25) is 5.91 Å². The first-order valence-corrected chi connectivity index (χ1v) is 7.53. The van der Waals surface area contributed by atoms with Crippen molar-refractivity contribution in [3.8, 4) is 5.75 Å². The summed E-state index contributed by atoms with van der Waals surface area (Å²) in [7, 11) is 0. The number of aryl methyl sites for hydroxylation is 1. The molecule has 4 nitrogen and oxygen atoms in total. The minimum Gasteiger partial charge on any atom is -0.488 e. The van der Waals surface area contributed by atoms with Crippen molar-refractivity contribution in [1.29, 1.82) is 0 Å². The number of anilines is 1. The van der Waals surface area contributed by atoms with Crippen LogP contribution in [0.3, 0.4) is 0 Å². The van der Waals surface area contributed by atoms with E-state index in [2.05, 4.69) is 30.2 Å². The van der Waals surface area contributed by atoms with Gasteiger partial charge in [-0.1, -0.05) is 12.1 Å². The molecule has 1 aromatic carbocycles. The molecule has 1 aliphatic heterocycles. The van der Waals surface area contributed by atoms with Crippen LogP contribution < -0.4 is 10.1 Å². The average Bonchev–Trinajstić information content (AvgIpc) is 2.48. The van der Waals surface area contributed by atoms with Gasteiger partial charge >= 0.3 is 0 Å². The molecule has 1 N–H and O–H groups in total. The molecule has 0 saturated heterocycles. The largest absolute Gasteiger partial charge is 0.488 e. The van der Waals surface area contributed by atoms with E-state index in [0.717, 1.165) is 29.8 Å². The number of hydrogen-bond acceptors (Lipinski definition) is 3. The lowest BCUT2D eigenvalue weighted by Gasteiger charge is -2.32. The summed E-state index contributed by atoms with van der Waals surface area (Å²) in [5.74, 6) is 0.915. The van der Waals surface area contributed by atoms with Gasteiger partial charge in [-0.05, 0) is 56.0 Å². The summed E-state index contributed by atoms with van der Waals surface area (Å²) >= 11 is 0. The van der Waals surface area contributed by atoms with Crippen LogP contribution in [0.2, 0.25) is 0 Å². The summed E-state index contributed by atoms with van der Waals surface area (Å²) in [5, 5.41) is 2.87. The monoisotopic (exact) mass is 296 g/mol. The van der Waals surface area contributed by atoms with Gasteiger partial charge in [0, 0.05) is 18.1 Å². The Hall–Kier alpha value is -2.36. The summed E-state index contributed by atoms with van der Waals surface area (Å²) < 4.78 is 5.97. The van der Waals surface area contributed by atoms with Crippen molar-refractivity contribution in [3.05, 3.63) is 53.9 Å². The molecule has 0 radical (unpaired) electrons. The highest BCUT2D eigenvalue weighted by Gasteiger charge is 2.26. The summed E-state index contributed by atoms with van der Waals surface area (Å²) in [6, 6.07) is 9.58. The molecule has 0 saturated carbocycles. The SMILES string of the molecule is CC1(C)CCc2cc(CC(=O)Nc3ccncc3)ccc2O1. The van der Waals surface area contributed by atoms with Crippen LogP contribution in [0, 0.1) is 0 Å². The minimum absolute atomic E-state index is 0.0248. The van der Waals surface area contributed by atoms with Crippen molar-refractivity contribution in [2.24, 2.45) is 0 Å². The number of carbonyl (C=O) groups excluding carboxylic acids is 1. The van der Waals surface area contributed by atoms with Gasteiger partial charge in [-0.25, -0.2) is 0 Å². The van der Waals surface area contributed by atoms with Gasteiger partial charge in [-0.2, -0.15) is 0 Å². The molecule has 2 heterocycles. The maximum Gasteiger partial charge on any atom is 0.228 e. The highest BCUT2D eigenvalue weighted by molar-refractivity contribution is 5.92. The number of hydrogen-bond donors (Lipinski definition) is 1. The van der Waals surface area contributed by atoms with E-state index >= 15 is 0 Å². The van der Waals surface area contributed by atoms with E-state index in [0.29, 0.717) is 6.42 Å². The predicted octanol–water partition coefficient (Wildman–Crippen LogP) is 3.37. The van der Waals surface area contributed by atoms with Gasteiger partial charge in [0.25, 0.3) is 0 Å². The van der Waals surface area contributed by atoms with Crippen LogP contribution >= 0.6 is 0 Å². The van der Waals surface area contributed by atoms with Crippen molar-refractivity contribution < 1.29 is 9.53 Å². The second-order valence-corrected chi connectivity index (χ2v) is 6.26. The number of ether oxygens (including phenoxy) is 1. The number of rotatable bonds is 3. The Bertz CT molecular complexity index is 681. The van der Waals surface area contributed by atoms with E-state index in [1.165, 1.54) is 5.56 Å². The van der Waals surface area contributed by atoms with Gasteiger partial charge in [0.1, 0.15) is 11.4 Å². The van der Waals surface area contributed by atoms with Crippen LogP contribution in [-0.2, 0) is 17.6 Å². The maximum absolute atomic E-state index is 12.1. The Morgan fingerprint density at radius 2 is 2.05 bits per heavy atom. The minimum atomic E-state index is -0.104. The van der Waals surface area contributed by atoms with Crippen LogP contribution in [0.4, 0.5) is 5.69 Å². The fraction of sp³-hybridized carbons (Fsp3) is 0.333. The van der Waals surface area contributed by atoms with Gasteiger partial charge < -0.3 is 10.1 Å². The Labute approximate surface area is 130 Å². The number of aromatic nitrogens is 1. The number of pyridine rings is 1. The predicted molar refractivity (Wildman–Crippen MR) is 86.0 cm³/mol. The molecule has 3 rings (SSSR count). The Balaban J connectivity index is 1.68. The van der Waals surface area contributed by atoms with E-state index in [9.17, 15) is 4.79 Å². The van der Waals surface area contributed by atoms with E-state index in [1.54, 1.807) is 24.5 Å². The Morgan fingerprint density at radius 1 is 1.27 bits per heavy atom. The standard InChI is InChI=1S/C18H20N2O2/c1-18(2)8-5-14-11-13(3-4-16(14)22-18)12-17(21)20-15-6-9-19-10-7-15/h3-4,6-7,9-11H,5,8,12H2,1-2H3,(H,19,20,21). The van der Waals surface area contributed by atoms with E-state index in [4.69, 9.17) is 4.74 Å². The highest BCUT2D eigenvalue weighted by atomic mass is 16.5. The molecule has 114 valence electrons. The van der Waals surface area contributed by atoms with Crippen molar-refractivity contribution in [1.82, 2.24) is 4.98 Å². The molecular weight excluding hydrogens is 276 g/mol. The van der Waals surface area contributed by atoms with E-state index in [-0.39, 0.29) is 11.5 Å². The lowest BCUT2D eigenvalue weighted by Crippen LogP contribution is -2.32. The zero-order valence-electron chi connectivity index (χ0n) is 12.9. The Morgan fingerprint density at radius 3 is 2.82 bits per heavy atom. The zero-order valence-corrected chi connectivity index (χ0v) is 12.9. The number of nitrogens with one attached hydrogen (secondary N) is 1. The molecule has 0 atom stereocenters. The number of amides is 1. The number of carbonyl (C=O) groups is 1. The molecule has 22 heavy (non-hydrogen) atoms. The number of nitrogens with zero attached hydrogens (tertiary/aromatic N) is 1. The lowest BCUT2D eigenvalue weighted by molar-refractivity contribution is -0.115. The molecular formula is C18H20N2O2. The fourth-order valence-electron chi connectivity index (χ4n) is 2.65. The molecule has 4 heteroatoms. The van der Waals surface area contributed by atoms with Crippen molar-refractivity contribution in [3.63, 3.8) is 0 Å². The number of benzene rings is 1. The van der Waals surface area contributed by atoms with Crippen molar-refractivity contribution in [2.45, 2.75) is 38.7 Å². The third-order valence-corrected chi connectivity index (χ3v) is 3.84. The number of fused-ring (bicyclic) bond motifs is 1. The quantitative estimate of drug-likeness (QED) is 0.945. The third-order valence-electron chi connectivity index (χ3n) is 3.84. The summed E-state index contributed by atoms with van der Waals surface area (Å²) in [6.45, 7) is 4.21. The van der Waals surface area contributed by atoms with Crippen LogP contribution in [-0.4, -0.2) is 16.5 Å². The molecule has 0 bridgehead atoms. The molecule has 0 aliphatic carbocycles. The van der Waals surface area contributed by atoms with Crippen molar-refractivity contribution >= 4 is 11.6 Å². The maximum atomic E-state index is 12.1. The van der Waals surface area contributed by atoms with Gasteiger partial charge in [0.15, 0.2) is 0 Å². The van der Waals surface area contributed by atoms with Gasteiger partial charge in [-0.15, -0.1) is 0 Å². The molecule has 1 aromatic heterocycles. The molecule has 2 aromatic rings. The van der Waals surface area contributed by atoms with Crippen LogP contribution in [0.25, 0.3) is 0 Å². The van der Waals surface area contributed by atoms with Gasteiger partial charge in [-0.3, -0.25) is 9.78 Å². The summed E-state index contributed by atoms with van der Waals surface area (Å²) in [5.41, 5.74) is 2.86. The highest BCUT2D eigenvalue weighted by Crippen LogP contribution is 2.33. The van der Waals surface area contributed by atoms with Crippen LogP contribution in [0.1, 0.15) is 31.4 Å². The van der Waals surface area contributed by atoms with Crippen LogP contribution in [0.15, 0.2) is 42.7 Å². The topological polar surface area (TPSA) is 51.2 Å². The molecule has 0 unspecified atom stereocenters. The first-order chi connectivity index (χ1) is 10.5. The van der Waals surface area contributed by atoms with Gasteiger partial charge in [0.05, 0.1) is 6.42 Å². The zero-order chi connectivity index (χ0) is 15.6. The first kappa shape index (κ1) is 14.6. The molecule has 1 aliphatic rings. The summed E-state index contributed by atoms with van der Waals surface area (Å²) in [4.78, 5) is 16.0. The molecule has 0 fully saturated rings. The second-order valence-electron chi connectivity index (χ2n) is 6.26. The molecule has 0 spiro atoms. The third kappa shape index (κ3) is 3.45. The summed E-state index contributed by atoms with van der Waals surface area (Å²) in [6.07, 6.45) is 5.66. The normalized spacial score (nSPS) is 15.5. The second kappa shape index (κ2) is 5.79. The van der Waals surface area contributed by atoms with Crippen LogP contribution in [0.5, 0.6) is 5.75 Å². The van der Waals surface area contributed by atoms with E-state index < -0.39 is 0 Å². The molecule has 1 amide bonds. The average molecular weight is 296 g/mol. The van der Waals surface area contributed by atoms with Crippen molar-refractivity contribution in [2.75, 3.05) is 5.32 Å². The first-order valence-electron chi connectivity index (χ1n) is 7.53. The fourth-order valence-corrected chi connectivity index (χ4v) is 2.65. The smallest absolute Gasteiger partial charge is 0.228 e. The lowest BCUT2D eigenvalue weighted by atomic mass is 9.93. The van der Waals surface area contributed by atoms with E-state index in [1.807, 2.05) is 12.1 Å². The Kier molecular flexibility index (Phi) is 3.84.